The van der Waals surface area contributed by atoms with E-state index in [9.17, 15) is 0 Å². The maximum absolute atomic E-state index is 4.63. The fourth-order valence-corrected chi connectivity index (χ4v) is 2.18. The van der Waals surface area contributed by atoms with E-state index in [1.807, 2.05) is 37.3 Å². The van der Waals surface area contributed by atoms with Gasteiger partial charge in [0, 0.05) is 5.71 Å². The highest BCUT2D eigenvalue weighted by Gasteiger charge is 2.03. The van der Waals surface area contributed by atoms with Crippen LogP contribution in [-0.4, -0.2) is 5.71 Å². The van der Waals surface area contributed by atoms with E-state index < -0.39 is 0 Å². The van der Waals surface area contributed by atoms with E-state index in [1.54, 1.807) is 0 Å². The lowest BCUT2D eigenvalue weighted by Crippen LogP contribution is -1.99. The van der Waals surface area contributed by atoms with Crippen LogP contribution in [0.4, 0.5) is 0 Å². The molecule has 1 nitrogen and oxygen atoms in total. The molecule has 19 heavy (non-hydrogen) atoms. The molecular weight excluding hydrogens is 230 g/mol. The third-order valence-electron chi connectivity index (χ3n) is 3.18. The Hall–Kier alpha value is -2.15. The van der Waals surface area contributed by atoms with E-state index in [-0.39, 0.29) is 0 Å². The minimum atomic E-state index is 0.804. The second kappa shape index (κ2) is 5.66. The largest absolute Gasteiger partial charge is 0.253 e. The van der Waals surface area contributed by atoms with Crippen LogP contribution in [-0.2, 0) is 0 Å². The molecule has 0 bridgehead atoms. The van der Waals surface area contributed by atoms with Gasteiger partial charge in [0.25, 0.3) is 0 Å². The van der Waals surface area contributed by atoms with Crippen LogP contribution >= 0.6 is 0 Å². The van der Waals surface area contributed by atoms with Gasteiger partial charge in [-0.3, -0.25) is 4.99 Å². The quantitative estimate of drug-likeness (QED) is 0.694. The van der Waals surface area contributed by atoms with Crippen LogP contribution in [0.15, 0.2) is 60.1 Å². The van der Waals surface area contributed by atoms with Gasteiger partial charge in [0.1, 0.15) is 0 Å². The molecule has 2 aromatic rings. The van der Waals surface area contributed by atoms with E-state index in [0.717, 1.165) is 17.0 Å². The lowest BCUT2D eigenvalue weighted by Gasteiger charge is -2.08. The monoisotopic (exact) mass is 249 g/mol. The summed E-state index contributed by atoms with van der Waals surface area (Å²) in [7, 11) is 0. The molecule has 0 aliphatic rings. The standard InChI is InChI=1S/C18H19N/c1-13-10-11-18(14(2)12-13)16(4)19-15(3)17-8-6-5-7-9-17/h5-12H,3H2,1-2,4H3. The second-order valence-corrected chi connectivity index (χ2v) is 4.83. The predicted octanol–water partition coefficient (Wildman–Crippen LogP) is 4.78. The molecule has 0 atom stereocenters. The Kier molecular flexibility index (Phi) is 3.96. The van der Waals surface area contributed by atoms with Crippen molar-refractivity contribution >= 4 is 11.4 Å². The third-order valence-corrected chi connectivity index (χ3v) is 3.18. The van der Waals surface area contributed by atoms with Crippen LogP contribution in [0, 0.1) is 13.8 Å². The van der Waals surface area contributed by atoms with Crippen LogP contribution in [0.25, 0.3) is 5.70 Å². The zero-order valence-electron chi connectivity index (χ0n) is 11.8. The molecule has 0 aliphatic carbocycles. The van der Waals surface area contributed by atoms with E-state index in [4.69, 9.17) is 0 Å². The van der Waals surface area contributed by atoms with E-state index in [1.165, 1.54) is 16.7 Å². The van der Waals surface area contributed by atoms with Crippen LogP contribution in [0.1, 0.15) is 29.2 Å². The average molecular weight is 249 g/mol. The Bertz CT molecular complexity index is 621. The van der Waals surface area contributed by atoms with Crippen molar-refractivity contribution in [2.45, 2.75) is 20.8 Å². The van der Waals surface area contributed by atoms with E-state index in [2.05, 4.69) is 43.6 Å². The summed E-state index contributed by atoms with van der Waals surface area (Å²) in [6.07, 6.45) is 0. The summed E-state index contributed by atoms with van der Waals surface area (Å²) >= 11 is 0. The first-order valence-electron chi connectivity index (χ1n) is 6.45. The minimum Gasteiger partial charge on any atom is -0.253 e. The number of rotatable bonds is 3. The second-order valence-electron chi connectivity index (χ2n) is 4.83. The maximum Gasteiger partial charge on any atom is 0.0633 e. The Morgan fingerprint density at radius 1 is 1.00 bits per heavy atom. The molecule has 1 heteroatoms. The van der Waals surface area contributed by atoms with Crippen LogP contribution < -0.4 is 0 Å². The number of hydrogen-bond acceptors (Lipinski definition) is 1. The molecule has 0 aliphatic heterocycles. The third kappa shape index (κ3) is 3.19. The van der Waals surface area contributed by atoms with Gasteiger partial charge in [-0.15, -0.1) is 0 Å². The minimum absolute atomic E-state index is 0.804. The van der Waals surface area contributed by atoms with Gasteiger partial charge in [-0.2, -0.15) is 0 Å². The van der Waals surface area contributed by atoms with Crippen molar-refractivity contribution in [3.8, 4) is 0 Å². The predicted molar refractivity (Wildman–Crippen MR) is 83.6 cm³/mol. The SMILES string of the molecule is C=C(N=C(C)c1ccc(C)cc1C)c1ccccc1. The summed E-state index contributed by atoms with van der Waals surface area (Å²) < 4.78 is 0. The van der Waals surface area contributed by atoms with Crippen LogP contribution in [0.2, 0.25) is 0 Å². The molecule has 0 N–H and O–H groups in total. The highest BCUT2D eigenvalue weighted by atomic mass is 14.8. The fraction of sp³-hybridized carbons (Fsp3) is 0.167. The molecule has 0 amide bonds. The fourth-order valence-electron chi connectivity index (χ4n) is 2.18. The molecule has 0 spiro atoms. The van der Waals surface area contributed by atoms with Gasteiger partial charge >= 0.3 is 0 Å². The zero-order chi connectivity index (χ0) is 13.8. The van der Waals surface area contributed by atoms with Gasteiger partial charge in [0.05, 0.1) is 5.70 Å². The smallest absolute Gasteiger partial charge is 0.0633 e. The Labute approximate surface area is 115 Å². The van der Waals surface area contributed by atoms with Gasteiger partial charge in [-0.25, -0.2) is 0 Å². The van der Waals surface area contributed by atoms with Crippen molar-refractivity contribution in [1.82, 2.24) is 0 Å². The molecule has 0 heterocycles. The van der Waals surface area contributed by atoms with Crippen LogP contribution in [0.5, 0.6) is 0 Å². The van der Waals surface area contributed by atoms with Crippen LogP contribution in [0.3, 0.4) is 0 Å². The Morgan fingerprint density at radius 3 is 2.32 bits per heavy atom. The first kappa shape index (κ1) is 13.3. The van der Waals surface area contributed by atoms with Crippen molar-refractivity contribution < 1.29 is 0 Å². The summed E-state index contributed by atoms with van der Waals surface area (Å²) in [6, 6.07) is 16.5. The number of hydrogen-bond donors (Lipinski definition) is 0. The first-order valence-corrected chi connectivity index (χ1v) is 6.45. The lowest BCUT2D eigenvalue weighted by atomic mass is 10.0. The molecule has 2 aromatic carbocycles. The number of aryl methyl sites for hydroxylation is 2. The summed E-state index contributed by atoms with van der Waals surface area (Å²) in [6.45, 7) is 10.3. The average Bonchev–Trinajstić information content (AvgIpc) is 2.39. The van der Waals surface area contributed by atoms with Gasteiger partial charge in [0.15, 0.2) is 0 Å². The van der Waals surface area contributed by atoms with Gasteiger partial charge < -0.3 is 0 Å². The highest BCUT2D eigenvalue weighted by Crippen LogP contribution is 2.17. The molecule has 0 radical (unpaired) electrons. The summed E-state index contributed by atoms with van der Waals surface area (Å²) in [5.41, 5.74) is 6.58. The van der Waals surface area contributed by atoms with E-state index in [0.29, 0.717) is 0 Å². The molecule has 0 saturated carbocycles. The van der Waals surface area contributed by atoms with Crippen molar-refractivity contribution in [1.29, 1.82) is 0 Å². The molecule has 0 fully saturated rings. The van der Waals surface area contributed by atoms with Gasteiger partial charge in [0.2, 0.25) is 0 Å². The maximum atomic E-state index is 4.63. The zero-order valence-corrected chi connectivity index (χ0v) is 11.8. The van der Waals surface area contributed by atoms with Gasteiger partial charge in [-0.05, 0) is 37.5 Å². The van der Waals surface area contributed by atoms with Crippen molar-refractivity contribution in [3.63, 3.8) is 0 Å². The van der Waals surface area contributed by atoms with E-state index >= 15 is 0 Å². The summed E-state index contributed by atoms with van der Waals surface area (Å²) in [5.74, 6) is 0. The van der Waals surface area contributed by atoms with Gasteiger partial charge in [-0.1, -0.05) is 60.7 Å². The molecule has 0 saturated heterocycles. The molecule has 0 unspecified atom stereocenters. The van der Waals surface area contributed by atoms with Crippen molar-refractivity contribution in [3.05, 3.63) is 77.4 Å². The molecule has 2 rings (SSSR count). The number of nitrogens with zero attached hydrogens (tertiary/aromatic N) is 1. The van der Waals surface area contributed by atoms with Crippen molar-refractivity contribution in [2.75, 3.05) is 0 Å². The molecule has 0 aromatic heterocycles. The lowest BCUT2D eigenvalue weighted by molar-refractivity contribution is 1.35. The highest BCUT2D eigenvalue weighted by molar-refractivity contribution is 6.02. The normalized spacial score (nSPS) is 11.4. The number of benzene rings is 2. The Balaban J connectivity index is 2.31. The first-order chi connectivity index (χ1) is 9.08. The summed E-state index contributed by atoms with van der Waals surface area (Å²) in [5, 5.41) is 0. The van der Waals surface area contributed by atoms with Crippen molar-refractivity contribution in [2.24, 2.45) is 4.99 Å². The Morgan fingerprint density at radius 2 is 1.68 bits per heavy atom. The molecular formula is C18H19N. The topological polar surface area (TPSA) is 12.4 Å². The summed E-state index contributed by atoms with van der Waals surface area (Å²) in [4.78, 5) is 4.63. The number of aliphatic imine (C=N–C) groups is 1. The molecule has 96 valence electrons.